The highest BCUT2D eigenvalue weighted by Gasteiger charge is 2.25. The zero-order valence-corrected chi connectivity index (χ0v) is 6.43. The molecule has 6 heteroatoms. The van der Waals surface area contributed by atoms with Crippen LogP contribution in [0.3, 0.4) is 0 Å². The number of aryl methyl sites for hydroxylation is 1. The third-order valence-corrected chi connectivity index (χ3v) is 1.62. The van der Waals surface area contributed by atoms with Crippen LogP contribution < -0.4 is 5.43 Å². The topological polar surface area (TPSA) is 71.6 Å². The molecule has 0 aliphatic carbocycles. The van der Waals surface area contributed by atoms with Crippen molar-refractivity contribution in [3.05, 3.63) is 18.0 Å². The smallest absolute Gasteiger partial charge is 0.272 e. The molecule has 1 aromatic heterocycles. The second-order valence-corrected chi connectivity index (χ2v) is 2.54. The van der Waals surface area contributed by atoms with Crippen LogP contribution in [0, 0.1) is 0 Å². The second-order valence-electron chi connectivity index (χ2n) is 2.54. The van der Waals surface area contributed by atoms with Crippen molar-refractivity contribution in [1.29, 1.82) is 0 Å². The van der Waals surface area contributed by atoms with E-state index in [1.807, 2.05) is 0 Å². The molecule has 1 aromatic rings. The SMILES string of the molecule is Cn1cc(C2N=NNC2=O)cn1. The summed E-state index contributed by atoms with van der Waals surface area (Å²) in [6.07, 6.45) is 3.35. The Morgan fingerprint density at radius 1 is 1.67 bits per heavy atom. The standard InChI is InChI=1S/C6H7N5O/c1-11-3-4(2-7-11)5-6(12)9-10-8-5/h2-3,5H,1H3,(H,8,9,12). The minimum atomic E-state index is -0.515. The lowest BCUT2D eigenvalue weighted by atomic mass is 10.2. The summed E-state index contributed by atoms with van der Waals surface area (Å²) < 4.78 is 1.62. The molecule has 1 unspecified atom stereocenters. The Bertz CT molecular complexity index is 341. The highest BCUT2D eigenvalue weighted by molar-refractivity contribution is 5.83. The van der Waals surface area contributed by atoms with E-state index < -0.39 is 6.04 Å². The maximum absolute atomic E-state index is 11.0. The van der Waals surface area contributed by atoms with Gasteiger partial charge in [0.05, 0.1) is 6.20 Å². The van der Waals surface area contributed by atoms with E-state index in [1.54, 1.807) is 24.1 Å². The Balaban J connectivity index is 2.30. The van der Waals surface area contributed by atoms with Gasteiger partial charge in [0.15, 0.2) is 6.04 Å². The molecular weight excluding hydrogens is 158 g/mol. The van der Waals surface area contributed by atoms with Crippen molar-refractivity contribution < 1.29 is 4.79 Å². The largest absolute Gasteiger partial charge is 0.275 e. The second kappa shape index (κ2) is 2.40. The zero-order valence-electron chi connectivity index (χ0n) is 6.43. The van der Waals surface area contributed by atoms with Crippen molar-refractivity contribution >= 4 is 5.91 Å². The van der Waals surface area contributed by atoms with Gasteiger partial charge in [-0.3, -0.25) is 9.48 Å². The molecule has 0 fully saturated rings. The van der Waals surface area contributed by atoms with Crippen LogP contribution in [0.2, 0.25) is 0 Å². The maximum Gasteiger partial charge on any atom is 0.272 e. The van der Waals surface area contributed by atoms with Gasteiger partial charge in [0.1, 0.15) is 0 Å². The molecule has 6 nitrogen and oxygen atoms in total. The monoisotopic (exact) mass is 165 g/mol. The first-order valence-corrected chi connectivity index (χ1v) is 3.45. The van der Waals surface area contributed by atoms with E-state index in [9.17, 15) is 4.79 Å². The molecule has 1 atom stereocenters. The van der Waals surface area contributed by atoms with Crippen molar-refractivity contribution in [2.24, 2.45) is 17.4 Å². The summed E-state index contributed by atoms with van der Waals surface area (Å²) in [5, 5.41) is 11.1. The highest BCUT2D eigenvalue weighted by atomic mass is 16.2. The molecule has 0 radical (unpaired) electrons. The molecule has 62 valence electrons. The van der Waals surface area contributed by atoms with E-state index in [-0.39, 0.29) is 5.91 Å². The highest BCUT2D eigenvalue weighted by Crippen LogP contribution is 2.19. The fourth-order valence-electron chi connectivity index (χ4n) is 1.05. The van der Waals surface area contributed by atoms with Gasteiger partial charge in [-0.25, -0.2) is 5.43 Å². The quantitative estimate of drug-likeness (QED) is 0.634. The minimum Gasteiger partial charge on any atom is -0.275 e. The third-order valence-electron chi connectivity index (χ3n) is 1.62. The summed E-state index contributed by atoms with van der Waals surface area (Å²) in [6, 6.07) is -0.515. The fourth-order valence-corrected chi connectivity index (χ4v) is 1.05. The molecule has 1 N–H and O–H groups in total. The van der Waals surface area contributed by atoms with Crippen LogP contribution in [0.25, 0.3) is 0 Å². The lowest BCUT2D eigenvalue weighted by Crippen LogP contribution is -2.16. The van der Waals surface area contributed by atoms with E-state index in [4.69, 9.17) is 0 Å². The summed E-state index contributed by atoms with van der Waals surface area (Å²) in [5.74, 6) is -0.206. The van der Waals surface area contributed by atoms with E-state index in [2.05, 4.69) is 20.9 Å². The van der Waals surface area contributed by atoms with E-state index in [0.29, 0.717) is 0 Å². The zero-order chi connectivity index (χ0) is 8.55. The summed E-state index contributed by atoms with van der Waals surface area (Å²) in [7, 11) is 1.79. The van der Waals surface area contributed by atoms with Crippen LogP contribution in [-0.4, -0.2) is 15.7 Å². The fraction of sp³-hybridized carbons (Fsp3) is 0.333. The van der Waals surface area contributed by atoms with Gasteiger partial charge in [-0.05, 0) is 0 Å². The Morgan fingerprint density at radius 2 is 2.50 bits per heavy atom. The van der Waals surface area contributed by atoms with E-state index >= 15 is 0 Å². The first-order chi connectivity index (χ1) is 5.77. The molecule has 0 aromatic carbocycles. The number of hydrogen-bond donors (Lipinski definition) is 1. The lowest BCUT2D eigenvalue weighted by molar-refractivity contribution is -0.120. The van der Waals surface area contributed by atoms with Crippen LogP contribution in [0.4, 0.5) is 0 Å². The van der Waals surface area contributed by atoms with Gasteiger partial charge >= 0.3 is 0 Å². The predicted molar refractivity (Wildman–Crippen MR) is 38.9 cm³/mol. The third kappa shape index (κ3) is 0.969. The molecule has 2 heterocycles. The normalized spacial score (nSPS) is 21.4. The van der Waals surface area contributed by atoms with Gasteiger partial charge in [-0.2, -0.15) is 10.2 Å². The number of rotatable bonds is 1. The molecule has 1 aliphatic rings. The maximum atomic E-state index is 11.0. The summed E-state index contributed by atoms with van der Waals surface area (Å²) in [6.45, 7) is 0. The summed E-state index contributed by atoms with van der Waals surface area (Å²) >= 11 is 0. The molecule has 1 amide bonds. The van der Waals surface area contributed by atoms with Crippen LogP contribution in [0.15, 0.2) is 22.7 Å². The van der Waals surface area contributed by atoms with Gasteiger partial charge in [-0.1, -0.05) is 5.22 Å². The van der Waals surface area contributed by atoms with Gasteiger partial charge < -0.3 is 0 Å². The van der Waals surface area contributed by atoms with Crippen molar-refractivity contribution in [1.82, 2.24) is 15.2 Å². The predicted octanol–water partition coefficient (Wildman–Crippen LogP) is -0.0418. The van der Waals surface area contributed by atoms with Gasteiger partial charge in [0.2, 0.25) is 0 Å². The van der Waals surface area contributed by atoms with Crippen LogP contribution in [0.5, 0.6) is 0 Å². The molecule has 0 bridgehead atoms. The van der Waals surface area contributed by atoms with Gasteiger partial charge in [0.25, 0.3) is 5.91 Å². The van der Waals surface area contributed by atoms with Crippen molar-refractivity contribution in [3.8, 4) is 0 Å². The van der Waals surface area contributed by atoms with Crippen LogP contribution >= 0.6 is 0 Å². The van der Waals surface area contributed by atoms with Gasteiger partial charge in [-0.15, -0.1) is 0 Å². The minimum absolute atomic E-state index is 0.206. The van der Waals surface area contributed by atoms with Gasteiger partial charge in [0, 0.05) is 18.8 Å². The molecule has 0 spiro atoms. The molecular formula is C6H7N5O. The summed E-state index contributed by atoms with van der Waals surface area (Å²) in [5.41, 5.74) is 3.02. The Hall–Kier alpha value is -1.72. The van der Waals surface area contributed by atoms with Crippen molar-refractivity contribution in [3.63, 3.8) is 0 Å². The molecule has 2 rings (SSSR count). The number of nitrogens with zero attached hydrogens (tertiary/aromatic N) is 4. The van der Waals surface area contributed by atoms with Crippen LogP contribution in [0.1, 0.15) is 11.6 Å². The number of nitrogens with one attached hydrogen (secondary N) is 1. The first kappa shape index (κ1) is 6.96. The Kier molecular flexibility index (Phi) is 1.39. The first-order valence-electron chi connectivity index (χ1n) is 3.45. The average molecular weight is 165 g/mol. The van der Waals surface area contributed by atoms with Crippen molar-refractivity contribution in [2.75, 3.05) is 0 Å². The van der Waals surface area contributed by atoms with Crippen LogP contribution in [-0.2, 0) is 11.8 Å². The summed E-state index contributed by atoms with van der Waals surface area (Å²) in [4.78, 5) is 11.0. The lowest BCUT2D eigenvalue weighted by Gasteiger charge is -1.96. The Morgan fingerprint density at radius 3 is 3.00 bits per heavy atom. The average Bonchev–Trinajstić information content (AvgIpc) is 2.58. The molecule has 0 saturated carbocycles. The Labute approximate surface area is 68.3 Å². The number of amides is 1. The molecule has 1 aliphatic heterocycles. The van der Waals surface area contributed by atoms with E-state index in [1.165, 1.54) is 0 Å². The number of carbonyl (C=O) groups excluding carboxylic acids is 1. The number of aromatic nitrogens is 2. The molecule has 12 heavy (non-hydrogen) atoms. The van der Waals surface area contributed by atoms with E-state index in [0.717, 1.165) is 5.56 Å². The molecule has 0 saturated heterocycles. The number of hydrogen-bond acceptors (Lipinski definition) is 4. The number of carbonyl (C=O) groups is 1. The van der Waals surface area contributed by atoms with Crippen molar-refractivity contribution in [2.45, 2.75) is 6.04 Å².